The largest absolute Gasteiger partial charge is 0.304 e. The summed E-state index contributed by atoms with van der Waals surface area (Å²) < 4.78 is 2.02. The molecule has 0 aliphatic carbocycles. The molecule has 0 amide bonds. The second-order valence-corrected chi connectivity index (χ2v) is 6.69. The van der Waals surface area contributed by atoms with Crippen LogP contribution in [-0.4, -0.2) is 4.98 Å². The van der Waals surface area contributed by atoms with Crippen molar-refractivity contribution in [3.05, 3.63) is 49.3 Å². The number of nitrogens with zero attached hydrogens (tertiary/aromatic N) is 1. The van der Waals surface area contributed by atoms with Crippen LogP contribution in [0.3, 0.4) is 0 Å². The zero-order valence-corrected chi connectivity index (χ0v) is 14.0. The quantitative estimate of drug-likeness (QED) is 0.785. The molecule has 1 N–H and O–H groups in total. The van der Waals surface area contributed by atoms with Crippen LogP contribution in [0.25, 0.3) is 0 Å². The molecule has 1 unspecified atom stereocenters. The van der Waals surface area contributed by atoms with E-state index < -0.39 is 0 Å². The van der Waals surface area contributed by atoms with Gasteiger partial charge in [-0.25, -0.2) is 0 Å². The van der Waals surface area contributed by atoms with Crippen LogP contribution in [0, 0.1) is 0 Å². The molecule has 0 aromatic carbocycles. The van der Waals surface area contributed by atoms with Gasteiger partial charge in [0, 0.05) is 32.6 Å². The fourth-order valence-electron chi connectivity index (χ4n) is 1.73. The maximum absolute atomic E-state index is 4.41. The smallest absolute Gasteiger partial charge is 0.0684 e. The van der Waals surface area contributed by atoms with E-state index in [1.165, 1.54) is 4.88 Å². The number of thiophene rings is 1. The third kappa shape index (κ3) is 3.63. The Labute approximate surface area is 128 Å². The first kappa shape index (κ1) is 14.2. The predicted octanol–water partition coefficient (Wildman–Crippen LogP) is 4.91. The molecule has 0 fully saturated rings. The molecule has 2 rings (SSSR count). The van der Waals surface area contributed by atoms with Gasteiger partial charge in [-0.1, -0.05) is 13.0 Å². The maximum atomic E-state index is 4.41. The van der Waals surface area contributed by atoms with Crippen molar-refractivity contribution < 1.29 is 0 Å². The summed E-state index contributed by atoms with van der Waals surface area (Å²) in [4.78, 5) is 5.79. The molecule has 2 aromatic heterocycles. The maximum Gasteiger partial charge on any atom is 0.0684 e. The number of aromatic nitrogens is 1. The van der Waals surface area contributed by atoms with E-state index in [0.717, 1.165) is 27.6 Å². The Balaban J connectivity index is 2.02. The number of nitrogens with one attached hydrogen (secondary N) is 1. The second kappa shape index (κ2) is 6.80. The Bertz CT molecular complexity index is 500. The molecule has 2 aromatic rings. The van der Waals surface area contributed by atoms with Crippen molar-refractivity contribution in [3.8, 4) is 0 Å². The molecular formula is C13H14Br2N2S. The summed E-state index contributed by atoms with van der Waals surface area (Å²) in [6, 6.07) is 6.70. The van der Waals surface area contributed by atoms with Crippen molar-refractivity contribution in [1.29, 1.82) is 0 Å². The minimum Gasteiger partial charge on any atom is -0.304 e. The highest BCUT2D eigenvalue weighted by molar-refractivity contribution is 9.11. The minimum atomic E-state index is 0.405. The first-order chi connectivity index (χ1) is 8.70. The number of rotatable bonds is 5. The van der Waals surface area contributed by atoms with Gasteiger partial charge < -0.3 is 5.32 Å². The lowest BCUT2D eigenvalue weighted by atomic mass is 10.2. The molecule has 0 bridgehead atoms. The topological polar surface area (TPSA) is 24.9 Å². The average molecular weight is 390 g/mol. The molecule has 1 atom stereocenters. The van der Waals surface area contributed by atoms with E-state index in [0.29, 0.717) is 6.04 Å². The van der Waals surface area contributed by atoms with Crippen LogP contribution in [0.4, 0.5) is 0 Å². The third-order valence-corrected chi connectivity index (χ3v) is 4.80. The van der Waals surface area contributed by atoms with Crippen LogP contribution in [0.1, 0.15) is 30.0 Å². The lowest BCUT2D eigenvalue weighted by molar-refractivity contribution is 0.520. The second-order valence-electron chi connectivity index (χ2n) is 3.94. The first-order valence-electron chi connectivity index (χ1n) is 5.77. The lowest BCUT2D eigenvalue weighted by Crippen LogP contribution is -2.20. The van der Waals surface area contributed by atoms with Gasteiger partial charge in [-0.3, -0.25) is 4.98 Å². The van der Waals surface area contributed by atoms with Gasteiger partial charge in [-0.15, -0.1) is 11.3 Å². The molecule has 0 aliphatic heterocycles. The summed E-state index contributed by atoms with van der Waals surface area (Å²) in [6.07, 6.45) is 2.91. The third-order valence-electron chi connectivity index (χ3n) is 2.69. The Morgan fingerprint density at radius 3 is 2.89 bits per heavy atom. The molecule has 2 nitrogen and oxygen atoms in total. The van der Waals surface area contributed by atoms with Crippen LogP contribution in [-0.2, 0) is 6.54 Å². The summed E-state index contributed by atoms with van der Waals surface area (Å²) >= 11 is 8.74. The molecule has 0 aliphatic rings. The Hall–Kier alpha value is -0.230. The molecule has 0 radical (unpaired) electrons. The lowest BCUT2D eigenvalue weighted by Gasteiger charge is -2.15. The van der Waals surface area contributed by atoms with Gasteiger partial charge >= 0.3 is 0 Å². The fraction of sp³-hybridized carbons (Fsp3) is 0.308. The molecule has 0 saturated heterocycles. The minimum absolute atomic E-state index is 0.405. The number of hydrogen-bond acceptors (Lipinski definition) is 3. The van der Waals surface area contributed by atoms with Crippen molar-refractivity contribution in [2.45, 2.75) is 25.9 Å². The molecule has 0 spiro atoms. The summed E-state index contributed by atoms with van der Waals surface area (Å²) in [5, 5.41) is 5.67. The van der Waals surface area contributed by atoms with E-state index in [-0.39, 0.29) is 0 Å². The van der Waals surface area contributed by atoms with Crippen LogP contribution >= 0.6 is 43.2 Å². The Kier molecular flexibility index (Phi) is 5.36. The van der Waals surface area contributed by atoms with E-state index in [9.17, 15) is 0 Å². The Morgan fingerprint density at radius 2 is 2.28 bits per heavy atom. The van der Waals surface area contributed by atoms with Gasteiger partial charge in [-0.2, -0.15) is 0 Å². The zero-order valence-electron chi connectivity index (χ0n) is 9.99. The monoisotopic (exact) mass is 388 g/mol. The summed E-state index contributed by atoms with van der Waals surface area (Å²) in [5.41, 5.74) is 1.04. The van der Waals surface area contributed by atoms with Gasteiger partial charge in [0.25, 0.3) is 0 Å². The molecule has 2 heterocycles. The van der Waals surface area contributed by atoms with Crippen molar-refractivity contribution in [1.82, 2.24) is 10.3 Å². The van der Waals surface area contributed by atoms with Gasteiger partial charge in [0.1, 0.15) is 0 Å². The molecule has 0 saturated carbocycles. The van der Waals surface area contributed by atoms with E-state index in [2.05, 4.69) is 66.6 Å². The van der Waals surface area contributed by atoms with Gasteiger partial charge in [0.2, 0.25) is 0 Å². The van der Waals surface area contributed by atoms with Gasteiger partial charge in [-0.05, 0) is 55.8 Å². The zero-order chi connectivity index (χ0) is 13.0. The summed E-state index contributed by atoms with van der Waals surface area (Å²) in [7, 11) is 0. The van der Waals surface area contributed by atoms with Crippen molar-refractivity contribution in [3.63, 3.8) is 0 Å². The number of hydrogen-bond donors (Lipinski definition) is 1. The SMILES string of the molecule is CCC(NCc1ncc(Br)cc1Br)c1cccs1. The molecule has 18 heavy (non-hydrogen) atoms. The Morgan fingerprint density at radius 1 is 1.44 bits per heavy atom. The fourth-order valence-corrected chi connectivity index (χ4v) is 3.74. The highest BCUT2D eigenvalue weighted by Crippen LogP contribution is 2.24. The summed E-state index contributed by atoms with van der Waals surface area (Å²) in [5.74, 6) is 0. The van der Waals surface area contributed by atoms with E-state index in [1.54, 1.807) is 11.3 Å². The van der Waals surface area contributed by atoms with Crippen LogP contribution in [0.2, 0.25) is 0 Å². The first-order valence-corrected chi connectivity index (χ1v) is 8.24. The summed E-state index contributed by atoms with van der Waals surface area (Å²) in [6.45, 7) is 2.96. The molecule has 96 valence electrons. The average Bonchev–Trinajstić information content (AvgIpc) is 2.86. The van der Waals surface area contributed by atoms with Gasteiger partial charge in [0.05, 0.1) is 5.69 Å². The highest BCUT2D eigenvalue weighted by atomic mass is 79.9. The van der Waals surface area contributed by atoms with E-state index >= 15 is 0 Å². The van der Waals surface area contributed by atoms with Gasteiger partial charge in [0.15, 0.2) is 0 Å². The van der Waals surface area contributed by atoms with Crippen molar-refractivity contribution in [2.24, 2.45) is 0 Å². The number of pyridine rings is 1. The van der Waals surface area contributed by atoms with Crippen LogP contribution in [0.5, 0.6) is 0 Å². The van der Waals surface area contributed by atoms with E-state index in [4.69, 9.17) is 0 Å². The predicted molar refractivity (Wildman–Crippen MR) is 83.8 cm³/mol. The van der Waals surface area contributed by atoms with Crippen molar-refractivity contribution in [2.75, 3.05) is 0 Å². The normalized spacial score (nSPS) is 12.6. The molecule has 5 heteroatoms. The standard InChI is InChI=1S/C13H14Br2N2S/c1-2-11(13-4-3-5-18-13)17-8-12-10(15)6-9(14)7-16-12/h3-7,11,17H,2,8H2,1H3. The van der Waals surface area contributed by atoms with Crippen LogP contribution < -0.4 is 5.32 Å². The van der Waals surface area contributed by atoms with E-state index in [1.807, 2.05) is 12.3 Å². The number of halogens is 2. The highest BCUT2D eigenvalue weighted by Gasteiger charge is 2.11. The van der Waals surface area contributed by atoms with Crippen molar-refractivity contribution >= 4 is 43.2 Å². The van der Waals surface area contributed by atoms with Crippen LogP contribution in [0.15, 0.2) is 38.7 Å². The molecular weight excluding hydrogens is 376 g/mol.